The average molecular weight is 452 g/mol. The van der Waals surface area contributed by atoms with Gasteiger partial charge in [0.05, 0.1) is 11.3 Å². The van der Waals surface area contributed by atoms with Crippen LogP contribution in [0.4, 0.5) is 5.69 Å². The minimum absolute atomic E-state index is 0.0891. The molecule has 1 saturated carbocycles. The van der Waals surface area contributed by atoms with Gasteiger partial charge in [0.1, 0.15) is 6.04 Å². The van der Waals surface area contributed by atoms with Crippen LogP contribution < -0.4 is 10.6 Å². The number of halogens is 1. The molecule has 2 heterocycles. The number of carbonyl (C=O) groups is 3. The number of benzene rings is 2. The molecule has 5 rings (SSSR count). The zero-order valence-electron chi connectivity index (χ0n) is 17.8. The van der Waals surface area contributed by atoms with E-state index in [2.05, 4.69) is 10.6 Å². The van der Waals surface area contributed by atoms with E-state index < -0.39 is 6.04 Å². The third-order valence-electron chi connectivity index (χ3n) is 6.92. The number of rotatable bonds is 3. The normalized spacial score (nSPS) is 23.2. The molecule has 32 heavy (non-hydrogen) atoms. The van der Waals surface area contributed by atoms with Crippen molar-refractivity contribution in [3.8, 4) is 11.1 Å². The van der Waals surface area contributed by atoms with E-state index in [1.807, 2.05) is 36.4 Å². The summed E-state index contributed by atoms with van der Waals surface area (Å²) in [5.74, 6) is -0.166. The summed E-state index contributed by atoms with van der Waals surface area (Å²) < 4.78 is 0. The van der Waals surface area contributed by atoms with Crippen molar-refractivity contribution >= 4 is 35.0 Å². The van der Waals surface area contributed by atoms with E-state index in [0.717, 1.165) is 36.8 Å². The summed E-state index contributed by atoms with van der Waals surface area (Å²) >= 11 is 6.00. The van der Waals surface area contributed by atoms with Crippen LogP contribution in [0.15, 0.2) is 42.5 Å². The molecule has 1 aliphatic carbocycles. The molecule has 2 aromatic carbocycles. The first-order valence-electron chi connectivity index (χ1n) is 11.3. The van der Waals surface area contributed by atoms with Crippen LogP contribution >= 0.6 is 11.6 Å². The number of anilines is 1. The maximum absolute atomic E-state index is 13.4. The van der Waals surface area contributed by atoms with E-state index in [9.17, 15) is 14.4 Å². The van der Waals surface area contributed by atoms with E-state index in [1.165, 1.54) is 0 Å². The van der Waals surface area contributed by atoms with Crippen molar-refractivity contribution in [2.24, 2.45) is 5.92 Å². The number of hydrogen-bond donors (Lipinski definition) is 2. The van der Waals surface area contributed by atoms with Crippen LogP contribution in [0.1, 0.15) is 48.9 Å². The largest absolute Gasteiger partial charge is 0.353 e. The predicted octanol–water partition coefficient (Wildman–Crippen LogP) is 4.24. The zero-order chi connectivity index (χ0) is 22.2. The number of hydrogen-bond acceptors (Lipinski definition) is 3. The van der Waals surface area contributed by atoms with Gasteiger partial charge in [-0.2, -0.15) is 0 Å². The van der Waals surface area contributed by atoms with Gasteiger partial charge in [0.15, 0.2) is 0 Å². The fourth-order valence-corrected chi connectivity index (χ4v) is 5.24. The lowest BCUT2D eigenvalue weighted by Gasteiger charge is -2.37. The first-order valence-corrected chi connectivity index (χ1v) is 11.7. The highest BCUT2D eigenvalue weighted by atomic mass is 35.5. The van der Waals surface area contributed by atoms with Crippen LogP contribution in [0.2, 0.25) is 5.02 Å². The first kappa shape index (κ1) is 21.0. The molecule has 2 N–H and O–H groups in total. The van der Waals surface area contributed by atoms with Crippen molar-refractivity contribution in [3.05, 3.63) is 53.1 Å². The van der Waals surface area contributed by atoms with E-state index in [1.54, 1.807) is 11.0 Å². The van der Waals surface area contributed by atoms with Crippen LogP contribution in [0.25, 0.3) is 11.1 Å². The molecule has 2 aromatic rings. The second-order valence-corrected chi connectivity index (χ2v) is 9.42. The van der Waals surface area contributed by atoms with E-state index >= 15 is 0 Å². The average Bonchev–Trinajstić information content (AvgIpc) is 3.32. The summed E-state index contributed by atoms with van der Waals surface area (Å²) in [6.45, 7) is 0.442. The number of piperidine rings is 1. The topological polar surface area (TPSA) is 78.5 Å². The molecule has 2 fully saturated rings. The predicted molar refractivity (Wildman–Crippen MR) is 123 cm³/mol. The second-order valence-electron chi connectivity index (χ2n) is 8.98. The van der Waals surface area contributed by atoms with Crippen LogP contribution in [0.5, 0.6) is 0 Å². The Hall–Kier alpha value is -2.86. The van der Waals surface area contributed by atoms with Gasteiger partial charge >= 0.3 is 0 Å². The highest BCUT2D eigenvalue weighted by Crippen LogP contribution is 2.32. The molecule has 2 aliphatic heterocycles. The van der Waals surface area contributed by atoms with Crippen molar-refractivity contribution in [2.75, 3.05) is 11.9 Å². The summed E-state index contributed by atoms with van der Waals surface area (Å²) in [6, 6.07) is 12.3. The molecule has 6 nitrogen and oxygen atoms in total. The van der Waals surface area contributed by atoms with Gasteiger partial charge in [0.25, 0.3) is 5.91 Å². The molecule has 0 bridgehead atoms. The van der Waals surface area contributed by atoms with Gasteiger partial charge in [-0.05, 0) is 61.1 Å². The fourth-order valence-electron chi connectivity index (χ4n) is 5.12. The number of nitrogens with zero attached hydrogens (tertiary/aromatic N) is 1. The molecule has 0 radical (unpaired) electrons. The van der Waals surface area contributed by atoms with Crippen molar-refractivity contribution < 1.29 is 14.4 Å². The third-order valence-corrected chi connectivity index (χ3v) is 7.18. The number of nitrogens with one attached hydrogen (secondary N) is 2. The number of amides is 3. The lowest BCUT2D eigenvalue weighted by Crippen LogP contribution is -2.55. The van der Waals surface area contributed by atoms with Gasteiger partial charge in [-0.1, -0.05) is 42.6 Å². The Balaban J connectivity index is 1.36. The summed E-state index contributed by atoms with van der Waals surface area (Å²) in [5, 5.41) is 6.72. The molecule has 3 aliphatic rings. The highest BCUT2D eigenvalue weighted by Gasteiger charge is 2.40. The molecule has 0 aromatic heterocycles. The molecule has 3 amide bonds. The molecule has 0 unspecified atom stereocenters. The molecule has 1 saturated heterocycles. The molecular weight excluding hydrogens is 426 g/mol. The summed E-state index contributed by atoms with van der Waals surface area (Å²) in [7, 11) is 0. The number of fused-ring (bicyclic) bond motifs is 2. The lowest BCUT2D eigenvalue weighted by atomic mass is 9.95. The number of carbonyl (C=O) groups excluding carboxylic acids is 3. The fraction of sp³-hybridized carbons (Fsp3) is 0.400. The van der Waals surface area contributed by atoms with E-state index in [0.29, 0.717) is 35.7 Å². The van der Waals surface area contributed by atoms with Crippen LogP contribution in [0.3, 0.4) is 0 Å². The van der Waals surface area contributed by atoms with Gasteiger partial charge in [-0.3, -0.25) is 14.4 Å². The Morgan fingerprint density at radius 3 is 2.47 bits per heavy atom. The first-order chi connectivity index (χ1) is 15.5. The smallest absolute Gasteiger partial charge is 0.256 e. The second kappa shape index (κ2) is 8.58. The van der Waals surface area contributed by atoms with Crippen molar-refractivity contribution in [3.63, 3.8) is 0 Å². The van der Waals surface area contributed by atoms with E-state index in [4.69, 9.17) is 11.6 Å². The minimum Gasteiger partial charge on any atom is -0.353 e. The quantitative estimate of drug-likeness (QED) is 0.732. The van der Waals surface area contributed by atoms with Gasteiger partial charge in [-0.15, -0.1) is 0 Å². The van der Waals surface area contributed by atoms with Crippen molar-refractivity contribution in [2.45, 2.75) is 50.6 Å². The third kappa shape index (κ3) is 3.99. The maximum Gasteiger partial charge on any atom is 0.256 e. The van der Waals surface area contributed by atoms with E-state index in [-0.39, 0.29) is 29.7 Å². The highest BCUT2D eigenvalue weighted by molar-refractivity contribution is 6.30. The lowest BCUT2D eigenvalue weighted by molar-refractivity contribution is -0.127. The zero-order valence-corrected chi connectivity index (χ0v) is 18.5. The van der Waals surface area contributed by atoms with Crippen LogP contribution in [0, 0.1) is 5.92 Å². The molecule has 7 heteroatoms. The standard InChI is InChI=1S/C25H26ClN3O3/c26-18-8-5-15(6-9-18)17-7-10-21-20(13-17)25(32)29-12-11-19(14-22(29)24(31)28-21)27-23(30)16-3-1-2-4-16/h5-10,13,16,19,22H,1-4,11-12,14H2,(H,27,30)(H,28,31)/t19-,22-/m0/s1. The maximum atomic E-state index is 13.4. The monoisotopic (exact) mass is 451 g/mol. The molecule has 2 atom stereocenters. The van der Waals surface area contributed by atoms with Gasteiger partial charge in [0, 0.05) is 23.5 Å². The SMILES string of the molecule is O=C(N[C@H]1CCN2C(=O)c3cc(-c4ccc(Cl)cc4)ccc3NC(=O)[C@@H]2C1)C1CCCC1. The summed E-state index contributed by atoms with van der Waals surface area (Å²) in [5.41, 5.74) is 2.85. The molecule has 0 spiro atoms. The van der Waals surface area contributed by atoms with Crippen LogP contribution in [-0.2, 0) is 9.59 Å². The van der Waals surface area contributed by atoms with Crippen molar-refractivity contribution in [1.29, 1.82) is 0 Å². The Kier molecular flexibility index (Phi) is 5.64. The minimum atomic E-state index is -0.587. The summed E-state index contributed by atoms with van der Waals surface area (Å²) in [4.78, 5) is 40.6. The molecule has 166 valence electrons. The Morgan fingerprint density at radius 2 is 1.72 bits per heavy atom. The van der Waals surface area contributed by atoms with Crippen LogP contribution in [-0.4, -0.2) is 41.2 Å². The summed E-state index contributed by atoms with van der Waals surface area (Å²) in [6.07, 6.45) is 5.18. The van der Waals surface area contributed by atoms with Gasteiger partial charge in [-0.25, -0.2) is 0 Å². The molecular formula is C25H26ClN3O3. The Morgan fingerprint density at radius 1 is 1.00 bits per heavy atom. The Labute approximate surface area is 192 Å². The van der Waals surface area contributed by atoms with Gasteiger partial charge in [0.2, 0.25) is 11.8 Å². The van der Waals surface area contributed by atoms with Gasteiger partial charge < -0.3 is 15.5 Å². The van der Waals surface area contributed by atoms with Crippen molar-refractivity contribution in [1.82, 2.24) is 10.2 Å². The Bertz CT molecular complexity index is 1060.